The van der Waals surface area contributed by atoms with E-state index in [1.54, 1.807) is 6.20 Å². The van der Waals surface area contributed by atoms with E-state index in [-0.39, 0.29) is 0 Å². The molecule has 134 valence electrons. The van der Waals surface area contributed by atoms with Crippen LogP contribution in [0.25, 0.3) is 16.8 Å². The van der Waals surface area contributed by atoms with Crippen LogP contribution in [0.3, 0.4) is 0 Å². The zero-order valence-corrected chi connectivity index (χ0v) is 15.2. The molecule has 7 nitrogen and oxygen atoms in total. The number of hydrogen-bond acceptors (Lipinski definition) is 6. The Balaban J connectivity index is 1.60. The molecule has 0 aliphatic carbocycles. The molecule has 0 amide bonds. The lowest BCUT2D eigenvalue weighted by atomic mass is 10.0. The van der Waals surface area contributed by atoms with Crippen molar-refractivity contribution in [1.82, 2.24) is 19.6 Å². The normalized spacial score (nSPS) is 12.6. The largest absolute Gasteiger partial charge is 0.378 e. The van der Waals surface area contributed by atoms with E-state index in [2.05, 4.69) is 49.6 Å². The Morgan fingerprint density at radius 3 is 2.63 bits per heavy atom. The highest BCUT2D eigenvalue weighted by Crippen LogP contribution is 2.40. The van der Waals surface area contributed by atoms with Gasteiger partial charge in [0.1, 0.15) is 16.9 Å². The summed E-state index contributed by atoms with van der Waals surface area (Å²) in [5.74, 6) is 0. The van der Waals surface area contributed by atoms with Gasteiger partial charge in [0.05, 0.1) is 18.4 Å². The maximum absolute atomic E-state index is 4.77. The maximum atomic E-state index is 4.77. The molecule has 0 fully saturated rings. The fraction of sp³-hybridized carbons (Fsp3) is 0.150. The fourth-order valence-corrected chi connectivity index (χ4v) is 3.44. The number of hydrogen-bond donors (Lipinski definition) is 1. The summed E-state index contributed by atoms with van der Waals surface area (Å²) in [6.07, 6.45) is 9.17. The zero-order valence-electron chi connectivity index (χ0n) is 15.2. The molecule has 1 N–H and O–H groups in total. The molecule has 3 aromatic heterocycles. The molecule has 7 heteroatoms. The summed E-state index contributed by atoms with van der Waals surface area (Å²) in [6.45, 7) is 0.719. The third kappa shape index (κ3) is 2.55. The molecule has 0 atom stereocenters. The SMILES string of the molecule is CN(C)c1ccc(NN2Cc3ccncc3-c3nn4ccncc4c32)cc1. The predicted octanol–water partition coefficient (Wildman–Crippen LogP) is 3.20. The van der Waals surface area contributed by atoms with Gasteiger partial charge in [-0.15, -0.1) is 0 Å². The van der Waals surface area contributed by atoms with Gasteiger partial charge in [-0.2, -0.15) is 5.10 Å². The van der Waals surface area contributed by atoms with Crippen LogP contribution < -0.4 is 15.3 Å². The summed E-state index contributed by atoms with van der Waals surface area (Å²) in [5.41, 5.74) is 10.9. The van der Waals surface area contributed by atoms with Crippen LogP contribution in [-0.2, 0) is 6.54 Å². The van der Waals surface area contributed by atoms with Crippen LogP contribution in [0.1, 0.15) is 5.56 Å². The van der Waals surface area contributed by atoms with Crippen molar-refractivity contribution < 1.29 is 0 Å². The van der Waals surface area contributed by atoms with E-state index in [1.807, 2.05) is 49.5 Å². The van der Waals surface area contributed by atoms with Crippen LogP contribution in [0.4, 0.5) is 17.1 Å². The Morgan fingerprint density at radius 2 is 1.81 bits per heavy atom. The van der Waals surface area contributed by atoms with Crippen LogP contribution in [0.2, 0.25) is 0 Å². The molecule has 1 aromatic carbocycles. The highest BCUT2D eigenvalue weighted by molar-refractivity contribution is 5.91. The van der Waals surface area contributed by atoms with Crippen LogP contribution in [0.5, 0.6) is 0 Å². The van der Waals surface area contributed by atoms with Crippen molar-refractivity contribution in [3.8, 4) is 11.3 Å². The van der Waals surface area contributed by atoms with Crippen molar-refractivity contribution in [1.29, 1.82) is 0 Å². The molecule has 4 heterocycles. The number of rotatable bonds is 3. The average molecular weight is 357 g/mol. The average Bonchev–Trinajstić information content (AvgIpc) is 3.09. The highest BCUT2D eigenvalue weighted by Gasteiger charge is 2.28. The van der Waals surface area contributed by atoms with Gasteiger partial charge in [-0.05, 0) is 35.9 Å². The molecule has 0 saturated heterocycles. The lowest BCUT2D eigenvalue weighted by Gasteiger charge is -2.31. The van der Waals surface area contributed by atoms with Crippen LogP contribution in [0, 0.1) is 0 Å². The Hall–Kier alpha value is -3.61. The van der Waals surface area contributed by atoms with Crippen LogP contribution in [-0.4, -0.2) is 33.7 Å². The van der Waals surface area contributed by atoms with E-state index >= 15 is 0 Å². The third-order valence-electron chi connectivity index (χ3n) is 4.82. The second kappa shape index (κ2) is 5.98. The van der Waals surface area contributed by atoms with Gasteiger partial charge in [-0.1, -0.05) is 0 Å². The molecule has 27 heavy (non-hydrogen) atoms. The maximum Gasteiger partial charge on any atom is 0.121 e. The number of nitrogens with zero attached hydrogens (tertiary/aromatic N) is 6. The minimum atomic E-state index is 0.719. The summed E-state index contributed by atoms with van der Waals surface area (Å²) in [5, 5.41) is 6.90. The first-order valence-electron chi connectivity index (χ1n) is 8.78. The van der Waals surface area contributed by atoms with Crippen molar-refractivity contribution in [3.63, 3.8) is 0 Å². The topological polar surface area (TPSA) is 61.6 Å². The number of fused-ring (bicyclic) bond motifs is 5. The molecule has 0 radical (unpaired) electrons. The molecule has 0 spiro atoms. The van der Waals surface area contributed by atoms with Gasteiger partial charge in [-0.3, -0.25) is 20.4 Å². The van der Waals surface area contributed by atoms with Crippen molar-refractivity contribution >= 4 is 22.6 Å². The number of pyridine rings is 1. The first-order valence-corrected chi connectivity index (χ1v) is 8.78. The molecule has 5 rings (SSSR count). The van der Waals surface area contributed by atoms with E-state index in [1.165, 1.54) is 5.56 Å². The predicted molar refractivity (Wildman–Crippen MR) is 107 cm³/mol. The number of benzene rings is 1. The Kier molecular flexibility index (Phi) is 3.46. The summed E-state index contributed by atoms with van der Waals surface area (Å²) in [7, 11) is 4.08. The van der Waals surface area contributed by atoms with Crippen LogP contribution >= 0.6 is 0 Å². The van der Waals surface area contributed by atoms with Gasteiger partial charge in [0.25, 0.3) is 0 Å². The van der Waals surface area contributed by atoms with E-state index in [0.717, 1.165) is 40.4 Å². The van der Waals surface area contributed by atoms with Crippen molar-refractivity contribution in [2.24, 2.45) is 0 Å². The third-order valence-corrected chi connectivity index (χ3v) is 4.82. The number of nitrogens with one attached hydrogen (secondary N) is 1. The highest BCUT2D eigenvalue weighted by atomic mass is 15.5. The second-order valence-electron chi connectivity index (χ2n) is 6.78. The van der Waals surface area contributed by atoms with Crippen molar-refractivity contribution in [3.05, 3.63) is 66.9 Å². The molecule has 4 aromatic rings. The van der Waals surface area contributed by atoms with Crippen LogP contribution in [0.15, 0.2) is 61.3 Å². The number of anilines is 3. The quantitative estimate of drug-likeness (QED) is 0.608. The van der Waals surface area contributed by atoms with Gasteiger partial charge in [0.2, 0.25) is 0 Å². The molecule has 0 unspecified atom stereocenters. The summed E-state index contributed by atoms with van der Waals surface area (Å²) < 4.78 is 1.86. The van der Waals surface area contributed by atoms with Crippen molar-refractivity contribution in [2.75, 3.05) is 29.4 Å². The first-order chi connectivity index (χ1) is 13.2. The number of aromatic nitrogens is 4. The lowest BCUT2D eigenvalue weighted by Crippen LogP contribution is -2.32. The number of hydrazine groups is 1. The molecule has 0 saturated carbocycles. The summed E-state index contributed by atoms with van der Waals surface area (Å²) in [6, 6.07) is 10.4. The van der Waals surface area contributed by atoms with Gasteiger partial charge < -0.3 is 4.90 Å². The molecule has 1 aliphatic rings. The zero-order chi connectivity index (χ0) is 18.4. The van der Waals surface area contributed by atoms with E-state index in [0.29, 0.717) is 0 Å². The molecular weight excluding hydrogens is 338 g/mol. The molecule has 1 aliphatic heterocycles. The minimum absolute atomic E-state index is 0.719. The standard InChI is InChI=1S/C20H19N7/c1-25(2)16-5-3-15(4-6-16)23-27-13-14-7-8-21-11-17(14)19-20(27)18-12-22-9-10-26(18)24-19/h3-12,23H,13H2,1-2H3. The Morgan fingerprint density at radius 1 is 1.00 bits per heavy atom. The Bertz CT molecular complexity index is 1110. The van der Waals surface area contributed by atoms with Gasteiger partial charge in [0, 0.05) is 50.1 Å². The van der Waals surface area contributed by atoms with E-state index in [4.69, 9.17) is 5.10 Å². The second-order valence-corrected chi connectivity index (χ2v) is 6.78. The van der Waals surface area contributed by atoms with Crippen molar-refractivity contribution in [2.45, 2.75) is 6.54 Å². The van der Waals surface area contributed by atoms with Gasteiger partial charge >= 0.3 is 0 Å². The van der Waals surface area contributed by atoms with E-state index in [9.17, 15) is 0 Å². The van der Waals surface area contributed by atoms with Gasteiger partial charge in [-0.25, -0.2) is 4.52 Å². The molecular formula is C20H19N7. The smallest absolute Gasteiger partial charge is 0.121 e. The van der Waals surface area contributed by atoms with E-state index < -0.39 is 0 Å². The fourth-order valence-electron chi connectivity index (χ4n) is 3.44. The molecule has 0 bridgehead atoms. The summed E-state index contributed by atoms with van der Waals surface area (Å²) >= 11 is 0. The Labute approximate surface area is 156 Å². The minimum Gasteiger partial charge on any atom is -0.378 e. The monoisotopic (exact) mass is 357 g/mol. The lowest BCUT2D eigenvalue weighted by molar-refractivity contribution is 0.891. The summed E-state index contributed by atoms with van der Waals surface area (Å²) in [4.78, 5) is 10.7. The first kappa shape index (κ1) is 15.6. The van der Waals surface area contributed by atoms with Gasteiger partial charge in [0.15, 0.2) is 0 Å².